The molecule has 0 bridgehead atoms. The SMILES string of the molecule is Cc1cc(CNC(=O)[C@@H]2C[C@@H](O)[C@H](NC(=O)c3cc(C(F)F)[nH]n3)C2)no1.O=CO. The molecule has 2 amide bonds. The van der Waals surface area contributed by atoms with E-state index in [9.17, 15) is 23.5 Å². The number of amides is 2. The predicted molar refractivity (Wildman–Crippen MR) is 95.3 cm³/mol. The van der Waals surface area contributed by atoms with Gasteiger partial charge in [0.05, 0.1) is 18.7 Å². The number of alkyl halides is 2. The molecule has 0 aromatic carbocycles. The van der Waals surface area contributed by atoms with E-state index in [0.717, 1.165) is 6.07 Å². The zero-order chi connectivity index (χ0) is 22.3. The van der Waals surface area contributed by atoms with E-state index in [0.29, 0.717) is 11.5 Å². The van der Waals surface area contributed by atoms with Crippen molar-refractivity contribution in [2.75, 3.05) is 0 Å². The van der Waals surface area contributed by atoms with E-state index >= 15 is 0 Å². The summed E-state index contributed by atoms with van der Waals surface area (Å²) in [5, 5.41) is 31.6. The summed E-state index contributed by atoms with van der Waals surface area (Å²) in [7, 11) is 0. The van der Waals surface area contributed by atoms with Crippen LogP contribution in [-0.2, 0) is 16.1 Å². The Kier molecular flexibility index (Phi) is 7.98. The third-order valence-electron chi connectivity index (χ3n) is 4.40. The van der Waals surface area contributed by atoms with Gasteiger partial charge in [-0.3, -0.25) is 19.5 Å². The van der Waals surface area contributed by atoms with Crippen LogP contribution in [-0.4, -0.2) is 56.0 Å². The van der Waals surface area contributed by atoms with Crippen molar-refractivity contribution in [1.29, 1.82) is 0 Å². The van der Waals surface area contributed by atoms with Crippen LogP contribution >= 0.6 is 0 Å². The van der Waals surface area contributed by atoms with Crippen LogP contribution in [0.5, 0.6) is 0 Å². The van der Waals surface area contributed by atoms with Crippen molar-refractivity contribution < 1.29 is 37.9 Å². The Bertz CT molecular complexity index is 870. The van der Waals surface area contributed by atoms with Gasteiger partial charge in [-0.25, -0.2) is 8.78 Å². The second-order valence-corrected chi connectivity index (χ2v) is 6.58. The van der Waals surface area contributed by atoms with E-state index in [2.05, 4.69) is 26.0 Å². The third-order valence-corrected chi connectivity index (χ3v) is 4.40. The van der Waals surface area contributed by atoms with Crippen LogP contribution in [0.1, 0.15) is 46.9 Å². The Morgan fingerprint density at radius 1 is 1.40 bits per heavy atom. The van der Waals surface area contributed by atoms with Crippen molar-refractivity contribution in [3.63, 3.8) is 0 Å². The number of aryl methyl sites for hydroxylation is 1. The van der Waals surface area contributed by atoms with Crippen LogP contribution in [0, 0.1) is 12.8 Å². The molecular formula is C17H21F2N5O6. The van der Waals surface area contributed by atoms with Gasteiger partial charge in [0, 0.05) is 12.0 Å². The molecule has 11 nitrogen and oxygen atoms in total. The number of carbonyl (C=O) groups is 3. The Balaban J connectivity index is 0.00000101. The number of hydrogen-bond donors (Lipinski definition) is 5. The highest BCUT2D eigenvalue weighted by atomic mass is 19.3. The zero-order valence-corrected chi connectivity index (χ0v) is 15.8. The first-order valence-corrected chi connectivity index (χ1v) is 8.85. The highest BCUT2D eigenvalue weighted by Gasteiger charge is 2.38. The van der Waals surface area contributed by atoms with Crippen LogP contribution in [0.3, 0.4) is 0 Å². The molecule has 30 heavy (non-hydrogen) atoms. The second kappa shape index (κ2) is 10.4. The van der Waals surface area contributed by atoms with E-state index in [1.807, 2.05) is 0 Å². The van der Waals surface area contributed by atoms with E-state index in [1.165, 1.54) is 0 Å². The number of aliphatic hydroxyl groups excluding tert-OH is 1. The molecule has 0 unspecified atom stereocenters. The van der Waals surface area contributed by atoms with E-state index < -0.39 is 36.1 Å². The quantitative estimate of drug-likeness (QED) is 0.414. The Morgan fingerprint density at radius 2 is 2.10 bits per heavy atom. The first kappa shape index (κ1) is 22.9. The summed E-state index contributed by atoms with van der Waals surface area (Å²) >= 11 is 0. The molecule has 0 aliphatic heterocycles. The van der Waals surface area contributed by atoms with Gasteiger partial charge >= 0.3 is 0 Å². The maximum Gasteiger partial charge on any atom is 0.290 e. The Labute approximate surface area is 168 Å². The molecule has 1 aliphatic rings. The molecule has 1 fully saturated rings. The minimum atomic E-state index is -2.77. The van der Waals surface area contributed by atoms with Gasteiger partial charge in [0.1, 0.15) is 22.8 Å². The molecule has 2 heterocycles. The average molecular weight is 429 g/mol. The molecule has 3 rings (SSSR count). The summed E-state index contributed by atoms with van der Waals surface area (Å²) in [6, 6.07) is 1.98. The molecule has 3 atom stereocenters. The molecule has 13 heteroatoms. The van der Waals surface area contributed by atoms with Crippen molar-refractivity contribution in [2.24, 2.45) is 5.92 Å². The van der Waals surface area contributed by atoms with Gasteiger partial charge in [-0.2, -0.15) is 5.10 Å². The van der Waals surface area contributed by atoms with Crippen LogP contribution in [0.2, 0.25) is 0 Å². The number of nitrogens with zero attached hydrogens (tertiary/aromatic N) is 2. The lowest BCUT2D eigenvalue weighted by atomic mass is 10.1. The first-order chi connectivity index (χ1) is 14.2. The van der Waals surface area contributed by atoms with Gasteiger partial charge in [0.2, 0.25) is 5.91 Å². The number of nitrogens with one attached hydrogen (secondary N) is 3. The van der Waals surface area contributed by atoms with Gasteiger partial charge < -0.3 is 25.4 Å². The van der Waals surface area contributed by atoms with E-state index in [1.54, 1.807) is 13.0 Å². The largest absolute Gasteiger partial charge is 0.483 e. The molecule has 2 aromatic rings. The maximum absolute atomic E-state index is 12.5. The highest BCUT2D eigenvalue weighted by Crippen LogP contribution is 2.27. The van der Waals surface area contributed by atoms with Crippen LogP contribution in [0.15, 0.2) is 16.7 Å². The lowest BCUT2D eigenvalue weighted by Crippen LogP contribution is -2.40. The number of aliphatic hydroxyl groups is 1. The topological polar surface area (TPSA) is 170 Å². The number of aromatic amines is 1. The van der Waals surface area contributed by atoms with E-state index in [4.69, 9.17) is 14.4 Å². The summed E-state index contributed by atoms with van der Waals surface area (Å²) in [6.07, 6.45) is -3.29. The predicted octanol–water partition coefficient (Wildman–Crippen LogP) is 0.530. The van der Waals surface area contributed by atoms with Crippen LogP contribution in [0.25, 0.3) is 0 Å². The number of hydrogen-bond acceptors (Lipinski definition) is 7. The van der Waals surface area contributed by atoms with Gasteiger partial charge in [0.25, 0.3) is 18.8 Å². The summed E-state index contributed by atoms with van der Waals surface area (Å²) in [6.45, 7) is 1.69. The fraction of sp³-hybridized carbons (Fsp3) is 0.471. The van der Waals surface area contributed by atoms with Crippen molar-refractivity contribution in [2.45, 2.75) is 44.9 Å². The average Bonchev–Trinajstić information content (AvgIpc) is 3.41. The first-order valence-electron chi connectivity index (χ1n) is 8.85. The minimum Gasteiger partial charge on any atom is -0.483 e. The number of rotatable bonds is 6. The van der Waals surface area contributed by atoms with Crippen LogP contribution in [0.4, 0.5) is 8.78 Å². The number of H-pyrrole nitrogens is 1. The molecule has 0 spiro atoms. The number of carbonyl (C=O) groups excluding carboxylic acids is 2. The Morgan fingerprint density at radius 3 is 2.67 bits per heavy atom. The Hall–Kier alpha value is -3.35. The second-order valence-electron chi connectivity index (χ2n) is 6.58. The smallest absolute Gasteiger partial charge is 0.290 e. The molecule has 2 aromatic heterocycles. The van der Waals surface area contributed by atoms with Crippen molar-refractivity contribution in [3.8, 4) is 0 Å². The molecular weight excluding hydrogens is 408 g/mol. The van der Waals surface area contributed by atoms with Gasteiger partial charge in [0.15, 0.2) is 0 Å². The standard InChI is InChI=1S/C16H19F2N5O4.CH2O2/c1-7-2-9(23-27-7)6-19-15(25)8-3-10(13(24)4-8)20-16(26)12-5-11(14(17)18)21-22-12;2-1-3/h2,5,8,10,13-14,24H,3-4,6H2,1H3,(H,19,25)(H,20,26)(H,21,22);1H,(H,2,3)/t8-,10+,13+;/m0./s1. The summed E-state index contributed by atoms with van der Waals surface area (Å²) in [5.41, 5.74) is -0.0862. The third kappa shape index (κ3) is 6.07. The molecule has 164 valence electrons. The van der Waals surface area contributed by atoms with Crippen LogP contribution < -0.4 is 10.6 Å². The molecule has 1 aliphatic carbocycles. The van der Waals surface area contributed by atoms with Gasteiger partial charge in [-0.15, -0.1) is 0 Å². The molecule has 1 saturated carbocycles. The zero-order valence-electron chi connectivity index (χ0n) is 15.8. The van der Waals surface area contributed by atoms with Gasteiger partial charge in [-0.05, 0) is 25.8 Å². The van der Waals surface area contributed by atoms with E-state index in [-0.39, 0.29) is 37.5 Å². The fourth-order valence-corrected chi connectivity index (χ4v) is 3.02. The number of aromatic nitrogens is 3. The maximum atomic E-state index is 12.5. The monoisotopic (exact) mass is 429 g/mol. The fourth-order valence-electron chi connectivity index (χ4n) is 3.02. The summed E-state index contributed by atoms with van der Waals surface area (Å²) in [5.74, 6) is -0.826. The van der Waals surface area contributed by atoms with Crippen molar-refractivity contribution >= 4 is 18.3 Å². The normalized spacial score (nSPS) is 20.4. The summed E-state index contributed by atoms with van der Waals surface area (Å²) in [4.78, 5) is 32.7. The number of halogens is 2. The highest BCUT2D eigenvalue weighted by molar-refractivity contribution is 5.92. The lowest BCUT2D eigenvalue weighted by Gasteiger charge is -2.15. The minimum absolute atomic E-state index is 0.178. The number of carboxylic acid groups (broad SMARTS) is 1. The van der Waals surface area contributed by atoms with Crippen molar-refractivity contribution in [1.82, 2.24) is 26.0 Å². The molecule has 0 saturated heterocycles. The summed E-state index contributed by atoms with van der Waals surface area (Å²) < 4.78 is 30.0. The molecule has 5 N–H and O–H groups in total. The van der Waals surface area contributed by atoms with Gasteiger partial charge in [-0.1, -0.05) is 5.16 Å². The van der Waals surface area contributed by atoms with Crippen molar-refractivity contribution in [3.05, 3.63) is 35.0 Å². The molecule has 0 radical (unpaired) electrons. The lowest BCUT2D eigenvalue weighted by molar-refractivity contribution is -0.125.